The first-order chi connectivity index (χ1) is 13.4. The quantitative estimate of drug-likeness (QED) is 0.558. The van der Waals surface area contributed by atoms with E-state index in [1.165, 1.54) is 5.56 Å². The molecule has 0 aliphatic carbocycles. The van der Waals surface area contributed by atoms with Gasteiger partial charge in [-0.05, 0) is 62.4 Å². The Labute approximate surface area is 165 Å². The van der Waals surface area contributed by atoms with Gasteiger partial charge in [0.25, 0.3) is 0 Å². The lowest BCUT2D eigenvalue weighted by Crippen LogP contribution is -2.32. The number of aryl methyl sites for hydroxylation is 2. The van der Waals surface area contributed by atoms with Gasteiger partial charge < -0.3 is 14.1 Å². The van der Waals surface area contributed by atoms with Crippen LogP contribution in [-0.2, 0) is 6.54 Å². The highest BCUT2D eigenvalue weighted by Crippen LogP contribution is 2.37. The van der Waals surface area contributed by atoms with Crippen LogP contribution in [0.5, 0.6) is 5.75 Å². The number of rotatable bonds is 3. The van der Waals surface area contributed by atoms with Crippen LogP contribution in [0.25, 0.3) is 11.0 Å². The second-order valence-electron chi connectivity index (χ2n) is 7.88. The predicted molar refractivity (Wildman–Crippen MR) is 114 cm³/mol. The molecule has 0 amide bonds. The van der Waals surface area contributed by atoms with Crippen LogP contribution in [0, 0.1) is 20.8 Å². The summed E-state index contributed by atoms with van der Waals surface area (Å²) in [4.78, 5) is 14.3. The summed E-state index contributed by atoms with van der Waals surface area (Å²) < 4.78 is 11.7. The van der Waals surface area contributed by atoms with Gasteiger partial charge in [0.05, 0.1) is 0 Å². The lowest BCUT2D eigenvalue weighted by Gasteiger charge is -2.32. The summed E-state index contributed by atoms with van der Waals surface area (Å²) in [5, 5.41) is 0.992. The van der Waals surface area contributed by atoms with Gasteiger partial charge in [0, 0.05) is 34.3 Å². The van der Waals surface area contributed by atoms with Crippen molar-refractivity contribution in [1.29, 1.82) is 0 Å². The van der Waals surface area contributed by atoms with Crippen molar-refractivity contribution < 1.29 is 9.15 Å². The molecule has 2 heterocycles. The molecule has 3 aromatic rings. The lowest BCUT2D eigenvalue weighted by atomic mass is 9.98. The van der Waals surface area contributed by atoms with E-state index in [2.05, 4.69) is 49.1 Å². The maximum Gasteiger partial charge on any atom is 0.339 e. The number of hydrogen-bond acceptors (Lipinski definition) is 4. The first kappa shape index (κ1) is 18.6. The van der Waals surface area contributed by atoms with Crippen LogP contribution in [0.15, 0.2) is 39.5 Å². The van der Waals surface area contributed by atoms with E-state index in [1.54, 1.807) is 0 Å². The van der Waals surface area contributed by atoms with E-state index in [0.29, 0.717) is 23.8 Å². The Bertz CT molecular complexity index is 1100. The number of nitrogens with zero attached hydrogens (tertiary/aromatic N) is 1. The fraction of sp³-hybridized carbons (Fsp3) is 0.375. The van der Waals surface area contributed by atoms with Crippen LogP contribution >= 0.6 is 0 Å². The van der Waals surface area contributed by atoms with Gasteiger partial charge in [-0.3, -0.25) is 0 Å². The Morgan fingerprint density at radius 1 is 1.07 bits per heavy atom. The highest BCUT2D eigenvalue weighted by atomic mass is 16.5. The van der Waals surface area contributed by atoms with Crippen LogP contribution in [-0.4, -0.2) is 6.73 Å². The highest BCUT2D eigenvalue weighted by molar-refractivity contribution is 5.87. The fourth-order valence-corrected chi connectivity index (χ4v) is 3.91. The summed E-state index contributed by atoms with van der Waals surface area (Å²) in [6.45, 7) is 11.5. The second kappa shape index (κ2) is 7.01. The van der Waals surface area contributed by atoms with Gasteiger partial charge >= 0.3 is 5.63 Å². The van der Waals surface area contributed by atoms with Gasteiger partial charge in [-0.15, -0.1) is 0 Å². The number of anilines is 1. The third-order valence-electron chi connectivity index (χ3n) is 6.17. The molecule has 4 rings (SSSR count). The van der Waals surface area contributed by atoms with E-state index in [-0.39, 0.29) is 5.63 Å². The number of ether oxygens (including phenoxy) is 1. The molecular weight excluding hydrogens is 350 g/mol. The van der Waals surface area contributed by atoms with E-state index in [0.717, 1.165) is 46.5 Å². The van der Waals surface area contributed by atoms with Crippen molar-refractivity contribution in [3.8, 4) is 5.75 Å². The first-order valence-corrected chi connectivity index (χ1v) is 9.94. The molecule has 1 aliphatic heterocycles. The maximum absolute atomic E-state index is 12.1. The summed E-state index contributed by atoms with van der Waals surface area (Å²) in [5.41, 5.74) is 6.56. The average molecular weight is 377 g/mol. The Kier molecular flexibility index (Phi) is 4.66. The van der Waals surface area contributed by atoms with Crippen LogP contribution in [0.4, 0.5) is 5.69 Å². The molecule has 4 nitrogen and oxygen atoms in total. The maximum atomic E-state index is 12.1. The summed E-state index contributed by atoms with van der Waals surface area (Å²) in [5.74, 6) is 1.41. The molecule has 28 heavy (non-hydrogen) atoms. The normalized spacial score (nSPS) is 14.7. The van der Waals surface area contributed by atoms with Crippen molar-refractivity contribution >= 4 is 16.7 Å². The Morgan fingerprint density at radius 3 is 2.46 bits per heavy atom. The van der Waals surface area contributed by atoms with E-state index < -0.39 is 0 Å². The summed E-state index contributed by atoms with van der Waals surface area (Å²) in [6, 6.07) is 10.9. The zero-order valence-electron chi connectivity index (χ0n) is 17.3. The van der Waals surface area contributed by atoms with Crippen LogP contribution in [0.3, 0.4) is 0 Å². The zero-order chi connectivity index (χ0) is 20.0. The van der Waals surface area contributed by atoms with Gasteiger partial charge in [0.2, 0.25) is 0 Å². The third kappa shape index (κ3) is 2.97. The number of hydrogen-bond donors (Lipinski definition) is 0. The minimum atomic E-state index is -0.271. The number of benzene rings is 2. The molecule has 2 aromatic carbocycles. The van der Waals surface area contributed by atoms with Gasteiger partial charge in [-0.1, -0.05) is 26.0 Å². The van der Waals surface area contributed by atoms with Crippen LogP contribution in [0.1, 0.15) is 54.0 Å². The Hall–Kier alpha value is -2.75. The monoisotopic (exact) mass is 377 g/mol. The average Bonchev–Trinajstić information content (AvgIpc) is 2.72. The lowest BCUT2D eigenvalue weighted by molar-refractivity contribution is 0.287. The molecule has 0 N–H and O–H groups in total. The first-order valence-electron chi connectivity index (χ1n) is 9.94. The second-order valence-corrected chi connectivity index (χ2v) is 7.88. The molecule has 0 radical (unpaired) electrons. The summed E-state index contributed by atoms with van der Waals surface area (Å²) in [7, 11) is 0. The molecular formula is C24H27NO3. The SMILES string of the molecule is CC[C@@H](C)c1ccc(N2COc3c(cc4c(C)c(C)c(=O)oc4c3C)C2)cc1. The third-order valence-corrected chi connectivity index (χ3v) is 6.17. The smallest absolute Gasteiger partial charge is 0.339 e. The Morgan fingerprint density at radius 2 is 1.79 bits per heavy atom. The standard InChI is InChI=1S/C24H27NO3/c1-6-14(2)18-7-9-20(10-8-18)25-12-19-11-21-15(3)16(4)24(26)28-23(21)17(5)22(19)27-13-25/h7-11,14H,6,12-13H2,1-5H3/t14-/m1/s1. The minimum absolute atomic E-state index is 0.271. The highest BCUT2D eigenvalue weighted by Gasteiger charge is 2.23. The van der Waals surface area contributed by atoms with E-state index in [1.807, 2.05) is 20.8 Å². The fourth-order valence-electron chi connectivity index (χ4n) is 3.91. The van der Waals surface area contributed by atoms with Gasteiger partial charge in [-0.2, -0.15) is 0 Å². The van der Waals surface area contributed by atoms with Crippen molar-refractivity contribution in [2.24, 2.45) is 0 Å². The number of fused-ring (bicyclic) bond motifs is 2. The molecule has 1 aliphatic rings. The van der Waals surface area contributed by atoms with E-state index >= 15 is 0 Å². The van der Waals surface area contributed by atoms with Crippen molar-refractivity contribution in [1.82, 2.24) is 0 Å². The zero-order valence-corrected chi connectivity index (χ0v) is 17.3. The van der Waals surface area contributed by atoms with Gasteiger partial charge in [0.1, 0.15) is 11.3 Å². The molecule has 1 aromatic heterocycles. The van der Waals surface area contributed by atoms with Crippen molar-refractivity contribution in [2.75, 3.05) is 11.6 Å². The van der Waals surface area contributed by atoms with E-state index in [4.69, 9.17) is 9.15 Å². The molecule has 1 atom stereocenters. The summed E-state index contributed by atoms with van der Waals surface area (Å²) in [6.07, 6.45) is 1.14. The minimum Gasteiger partial charge on any atom is -0.472 e. The molecule has 4 heteroatoms. The molecule has 0 spiro atoms. The van der Waals surface area contributed by atoms with Gasteiger partial charge in [0.15, 0.2) is 6.73 Å². The molecule has 0 fully saturated rings. The van der Waals surface area contributed by atoms with Crippen molar-refractivity contribution in [2.45, 2.75) is 53.5 Å². The molecule has 0 unspecified atom stereocenters. The predicted octanol–water partition coefficient (Wildman–Crippen LogP) is 5.59. The Balaban J connectivity index is 1.72. The molecule has 146 valence electrons. The van der Waals surface area contributed by atoms with Crippen LogP contribution < -0.4 is 15.3 Å². The molecule has 0 saturated heterocycles. The van der Waals surface area contributed by atoms with E-state index in [9.17, 15) is 4.79 Å². The molecule has 0 saturated carbocycles. The van der Waals surface area contributed by atoms with Gasteiger partial charge in [-0.25, -0.2) is 4.79 Å². The van der Waals surface area contributed by atoms with Crippen molar-refractivity contribution in [3.63, 3.8) is 0 Å². The van der Waals surface area contributed by atoms with Crippen LogP contribution in [0.2, 0.25) is 0 Å². The van der Waals surface area contributed by atoms with Crippen molar-refractivity contribution in [3.05, 3.63) is 68.6 Å². The summed E-state index contributed by atoms with van der Waals surface area (Å²) >= 11 is 0. The molecule has 0 bridgehead atoms. The largest absolute Gasteiger partial charge is 0.472 e. The topological polar surface area (TPSA) is 42.7 Å².